The van der Waals surface area contributed by atoms with Crippen molar-refractivity contribution in [2.24, 2.45) is 11.8 Å². The third kappa shape index (κ3) is 6.83. The fraction of sp³-hybridized carbons (Fsp3) is 0.650. The van der Waals surface area contributed by atoms with Gasteiger partial charge in [0, 0.05) is 19.5 Å². The highest BCUT2D eigenvalue weighted by atomic mass is 35.5. The Bertz CT molecular complexity index is 574. The number of nitrogens with one attached hydrogen (secondary N) is 2. The predicted octanol–water partition coefficient (Wildman–Crippen LogP) is 3.46. The second kappa shape index (κ2) is 11.7. The van der Waals surface area contributed by atoms with E-state index >= 15 is 0 Å². The Hall–Kier alpha value is -1.01. The number of carbonyl (C=O) groups is 1. The smallest absolute Gasteiger partial charge is 0.224 e. The number of nitrogens with zero attached hydrogens (tertiary/aromatic N) is 1. The van der Waals surface area contributed by atoms with Crippen molar-refractivity contribution in [2.75, 3.05) is 36.4 Å². The number of aliphatic hydroxyl groups excluding tert-OH is 1. The van der Waals surface area contributed by atoms with Crippen LogP contribution in [0.1, 0.15) is 39.0 Å². The van der Waals surface area contributed by atoms with Gasteiger partial charge in [-0.1, -0.05) is 19.1 Å². The fourth-order valence-corrected chi connectivity index (χ4v) is 3.99. The number of halogens is 2. The van der Waals surface area contributed by atoms with Crippen LogP contribution >= 0.6 is 24.8 Å². The average molecular weight is 418 g/mol. The number of anilines is 2. The minimum atomic E-state index is -0.192. The Kier molecular flexibility index (Phi) is 10.5. The number of benzene rings is 1. The Balaban J connectivity index is 0.00000182. The SMILES string of the molecule is CC(CC(=O)Nc1ccccc1N1CCC(O)CC1)C1CCCNC1.Cl.Cl. The van der Waals surface area contributed by atoms with Gasteiger partial charge in [0.25, 0.3) is 0 Å². The maximum absolute atomic E-state index is 12.6. The van der Waals surface area contributed by atoms with Gasteiger partial charge in [-0.2, -0.15) is 0 Å². The molecular weight excluding hydrogens is 385 g/mol. The molecule has 27 heavy (non-hydrogen) atoms. The van der Waals surface area contributed by atoms with E-state index in [1.54, 1.807) is 0 Å². The molecule has 154 valence electrons. The number of aliphatic hydroxyl groups is 1. The van der Waals surface area contributed by atoms with Crippen molar-refractivity contribution in [3.63, 3.8) is 0 Å². The molecule has 0 aliphatic carbocycles. The molecule has 3 rings (SSSR count). The van der Waals surface area contributed by atoms with E-state index < -0.39 is 0 Å². The average Bonchev–Trinajstić information content (AvgIpc) is 2.63. The molecule has 2 unspecified atom stereocenters. The van der Waals surface area contributed by atoms with Crippen LogP contribution in [0.2, 0.25) is 0 Å². The van der Waals surface area contributed by atoms with Gasteiger partial charge in [-0.05, 0) is 62.7 Å². The molecule has 2 atom stereocenters. The van der Waals surface area contributed by atoms with Crippen LogP contribution in [0.5, 0.6) is 0 Å². The highest BCUT2D eigenvalue weighted by molar-refractivity contribution is 5.94. The minimum Gasteiger partial charge on any atom is -0.393 e. The molecule has 2 heterocycles. The Labute approximate surface area is 175 Å². The number of hydrogen-bond donors (Lipinski definition) is 3. The normalized spacial score (nSPS) is 21.6. The number of amides is 1. The highest BCUT2D eigenvalue weighted by Gasteiger charge is 2.23. The van der Waals surface area contributed by atoms with Gasteiger partial charge >= 0.3 is 0 Å². The summed E-state index contributed by atoms with van der Waals surface area (Å²) in [6, 6.07) is 8.01. The standard InChI is InChI=1S/C20H31N3O2.2ClH/c1-15(16-5-4-10-21-14-16)13-20(25)22-18-6-2-3-7-19(18)23-11-8-17(24)9-12-23;;/h2-3,6-7,15-17,21,24H,4-5,8-14H2,1H3,(H,22,25);2*1H. The molecule has 2 fully saturated rings. The summed E-state index contributed by atoms with van der Waals surface area (Å²) in [6.45, 7) is 5.99. The van der Waals surface area contributed by atoms with E-state index in [1.165, 1.54) is 12.8 Å². The van der Waals surface area contributed by atoms with E-state index in [2.05, 4.69) is 28.5 Å². The quantitative estimate of drug-likeness (QED) is 0.686. The Morgan fingerprint density at radius 2 is 1.96 bits per heavy atom. The van der Waals surface area contributed by atoms with Gasteiger partial charge in [0.1, 0.15) is 0 Å². The van der Waals surface area contributed by atoms with Crippen molar-refractivity contribution < 1.29 is 9.90 Å². The molecule has 5 nitrogen and oxygen atoms in total. The predicted molar refractivity (Wildman–Crippen MR) is 116 cm³/mol. The summed E-state index contributed by atoms with van der Waals surface area (Å²) in [6.07, 6.45) is 4.37. The first kappa shape index (κ1) is 24.0. The lowest BCUT2D eigenvalue weighted by molar-refractivity contribution is -0.117. The zero-order valence-electron chi connectivity index (χ0n) is 16.0. The summed E-state index contributed by atoms with van der Waals surface area (Å²) >= 11 is 0. The lowest BCUT2D eigenvalue weighted by Gasteiger charge is -2.33. The number of piperidine rings is 2. The van der Waals surface area contributed by atoms with Gasteiger partial charge < -0.3 is 20.6 Å². The molecule has 1 amide bonds. The van der Waals surface area contributed by atoms with Gasteiger partial charge in [0.05, 0.1) is 17.5 Å². The molecule has 1 aromatic carbocycles. The van der Waals surface area contributed by atoms with Crippen molar-refractivity contribution in [2.45, 2.75) is 45.1 Å². The summed E-state index contributed by atoms with van der Waals surface area (Å²) in [5.74, 6) is 1.09. The molecule has 0 aromatic heterocycles. The molecule has 0 bridgehead atoms. The van der Waals surface area contributed by atoms with Crippen molar-refractivity contribution in [1.29, 1.82) is 0 Å². The molecule has 0 radical (unpaired) electrons. The van der Waals surface area contributed by atoms with Crippen LogP contribution in [0, 0.1) is 11.8 Å². The minimum absolute atomic E-state index is 0. The van der Waals surface area contributed by atoms with E-state index in [0.717, 1.165) is 50.4 Å². The van der Waals surface area contributed by atoms with E-state index in [-0.39, 0.29) is 36.8 Å². The number of carbonyl (C=O) groups excluding carboxylic acids is 1. The van der Waals surface area contributed by atoms with Gasteiger partial charge in [0.2, 0.25) is 5.91 Å². The molecular formula is C20H33Cl2N3O2. The third-order valence-electron chi connectivity index (χ3n) is 5.63. The van der Waals surface area contributed by atoms with Crippen LogP contribution in [0.4, 0.5) is 11.4 Å². The van der Waals surface area contributed by atoms with E-state index in [0.29, 0.717) is 18.3 Å². The first-order valence-corrected chi connectivity index (χ1v) is 9.66. The van der Waals surface area contributed by atoms with Crippen LogP contribution in [0.3, 0.4) is 0 Å². The third-order valence-corrected chi connectivity index (χ3v) is 5.63. The van der Waals surface area contributed by atoms with Crippen LogP contribution in [0.15, 0.2) is 24.3 Å². The van der Waals surface area contributed by atoms with Gasteiger partial charge in [-0.25, -0.2) is 0 Å². The summed E-state index contributed by atoms with van der Waals surface area (Å²) in [5.41, 5.74) is 1.95. The van der Waals surface area contributed by atoms with Gasteiger partial charge in [0.15, 0.2) is 0 Å². The van der Waals surface area contributed by atoms with Gasteiger partial charge in [-0.3, -0.25) is 4.79 Å². The number of hydrogen-bond acceptors (Lipinski definition) is 4. The maximum Gasteiger partial charge on any atom is 0.224 e. The van der Waals surface area contributed by atoms with Crippen molar-refractivity contribution >= 4 is 42.1 Å². The molecule has 2 saturated heterocycles. The monoisotopic (exact) mass is 417 g/mol. The lowest BCUT2D eigenvalue weighted by atomic mass is 9.85. The zero-order chi connectivity index (χ0) is 17.6. The van der Waals surface area contributed by atoms with Crippen LogP contribution < -0.4 is 15.5 Å². The summed E-state index contributed by atoms with van der Waals surface area (Å²) in [7, 11) is 0. The second-order valence-corrected chi connectivity index (χ2v) is 7.57. The summed E-state index contributed by atoms with van der Waals surface area (Å²) in [5, 5.41) is 16.3. The van der Waals surface area contributed by atoms with Crippen molar-refractivity contribution in [3.05, 3.63) is 24.3 Å². The lowest BCUT2D eigenvalue weighted by Crippen LogP contribution is -2.36. The molecule has 2 aliphatic rings. The highest BCUT2D eigenvalue weighted by Crippen LogP contribution is 2.29. The molecule has 0 saturated carbocycles. The molecule has 1 aromatic rings. The molecule has 0 spiro atoms. The maximum atomic E-state index is 12.6. The molecule has 7 heteroatoms. The van der Waals surface area contributed by atoms with Crippen molar-refractivity contribution in [3.8, 4) is 0 Å². The first-order chi connectivity index (χ1) is 12.1. The second-order valence-electron chi connectivity index (χ2n) is 7.57. The molecule has 3 N–H and O–H groups in total. The summed E-state index contributed by atoms with van der Waals surface area (Å²) < 4.78 is 0. The van der Waals surface area contributed by atoms with E-state index in [9.17, 15) is 9.90 Å². The van der Waals surface area contributed by atoms with Crippen LogP contribution in [0.25, 0.3) is 0 Å². The fourth-order valence-electron chi connectivity index (χ4n) is 3.99. The van der Waals surface area contributed by atoms with Crippen molar-refractivity contribution in [1.82, 2.24) is 5.32 Å². The van der Waals surface area contributed by atoms with E-state index in [1.807, 2.05) is 18.2 Å². The topological polar surface area (TPSA) is 64.6 Å². The first-order valence-electron chi connectivity index (χ1n) is 9.66. The van der Waals surface area contributed by atoms with Gasteiger partial charge in [-0.15, -0.1) is 24.8 Å². The Morgan fingerprint density at radius 3 is 2.63 bits per heavy atom. The summed E-state index contributed by atoms with van der Waals surface area (Å²) in [4.78, 5) is 14.8. The largest absolute Gasteiger partial charge is 0.393 e. The number of rotatable bonds is 5. The Morgan fingerprint density at radius 1 is 1.26 bits per heavy atom. The van der Waals surface area contributed by atoms with Crippen LogP contribution in [-0.4, -0.2) is 43.3 Å². The zero-order valence-corrected chi connectivity index (χ0v) is 17.7. The van der Waals surface area contributed by atoms with Crippen LogP contribution in [-0.2, 0) is 4.79 Å². The number of para-hydroxylation sites is 2. The molecule has 2 aliphatic heterocycles. The van der Waals surface area contributed by atoms with E-state index in [4.69, 9.17) is 0 Å².